The molecule has 0 aliphatic carbocycles. The normalized spacial score (nSPS) is 16.3. The average molecular weight is 357 g/mol. The second-order valence-corrected chi connectivity index (χ2v) is 6.34. The van der Waals surface area contributed by atoms with E-state index in [1.54, 1.807) is 12.1 Å². The van der Waals surface area contributed by atoms with Crippen LogP contribution in [0.4, 0.5) is 11.4 Å². The van der Waals surface area contributed by atoms with E-state index in [4.69, 9.17) is 4.74 Å². The van der Waals surface area contributed by atoms with Crippen LogP contribution in [0, 0.1) is 10.1 Å². The van der Waals surface area contributed by atoms with Gasteiger partial charge in [-0.25, -0.2) is 0 Å². The van der Waals surface area contributed by atoms with E-state index in [0.717, 1.165) is 26.2 Å². The van der Waals surface area contributed by atoms with Gasteiger partial charge >= 0.3 is 0 Å². The summed E-state index contributed by atoms with van der Waals surface area (Å²) in [6.45, 7) is 4.23. The van der Waals surface area contributed by atoms with Gasteiger partial charge in [0.05, 0.1) is 11.0 Å². The Morgan fingerprint density at radius 3 is 2.50 bits per heavy atom. The number of ether oxygens (including phenoxy) is 1. The van der Waals surface area contributed by atoms with Crippen molar-refractivity contribution in [2.45, 2.75) is 6.10 Å². The zero-order valence-corrected chi connectivity index (χ0v) is 14.5. The van der Waals surface area contributed by atoms with Gasteiger partial charge in [0.25, 0.3) is 5.69 Å². The molecule has 7 heteroatoms. The van der Waals surface area contributed by atoms with E-state index in [1.807, 2.05) is 18.2 Å². The molecule has 2 aromatic rings. The predicted molar refractivity (Wildman–Crippen MR) is 99.7 cm³/mol. The van der Waals surface area contributed by atoms with Gasteiger partial charge in [-0.15, -0.1) is 0 Å². The maximum atomic E-state index is 10.8. The lowest BCUT2D eigenvalue weighted by Gasteiger charge is -2.36. The third-order valence-corrected chi connectivity index (χ3v) is 4.43. The highest BCUT2D eigenvalue weighted by molar-refractivity contribution is 5.46. The number of aliphatic hydroxyl groups is 1. The van der Waals surface area contributed by atoms with Crippen LogP contribution in [0.1, 0.15) is 0 Å². The van der Waals surface area contributed by atoms with Gasteiger partial charge < -0.3 is 14.7 Å². The molecular formula is C19H23N3O4. The minimum Gasteiger partial charge on any atom is -0.491 e. The standard InChI is InChI=1S/C19H23N3O4/c23-18(15-26-19-8-4-7-17(13-19)22(24)25)14-20-9-11-21(12-10-20)16-5-2-1-3-6-16/h1-8,13,18,23H,9-12,14-15H2. The summed E-state index contributed by atoms with van der Waals surface area (Å²) in [5.41, 5.74) is 1.20. The topological polar surface area (TPSA) is 79.1 Å². The fourth-order valence-corrected chi connectivity index (χ4v) is 3.06. The number of hydrogen-bond acceptors (Lipinski definition) is 6. The Morgan fingerprint density at radius 1 is 1.08 bits per heavy atom. The molecule has 1 saturated heterocycles. The van der Waals surface area contributed by atoms with Crippen LogP contribution < -0.4 is 9.64 Å². The fourth-order valence-electron chi connectivity index (χ4n) is 3.06. The summed E-state index contributed by atoms with van der Waals surface area (Å²) >= 11 is 0. The van der Waals surface area contributed by atoms with Gasteiger partial charge in [-0.3, -0.25) is 15.0 Å². The molecule has 0 saturated carbocycles. The monoisotopic (exact) mass is 357 g/mol. The molecule has 1 heterocycles. The Labute approximate surface area is 152 Å². The molecule has 1 aliphatic heterocycles. The van der Waals surface area contributed by atoms with Crippen LogP contribution in [-0.2, 0) is 0 Å². The molecule has 0 spiro atoms. The van der Waals surface area contributed by atoms with Crippen molar-refractivity contribution in [1.82, 2.24) is 4.90 Å². The molecule has 7 nitrogen and oxygen atoms in total. The fraction of sp³-hybridized carbons (Fsp3) is 0.368. The molecule has 1 aliphatic rings. The zero-order valence-electron chi connectivity index (χ0n) is 14.5. The van der Waals surface area contributed by atoms with Crippen molar-refractivity contribution in [2.75, 3.05) is 44.2 Å². The Morgan fingerprint density at radius 2 is 1.81 bits per heavy atom. The summed E-state index contributed by atoms with van der Waals surface area (Å²) in [5, 5.41) is 21.0. The number of non-ortho nitro benzene ring substituents is 1. The van der Waals surface area contributed by atoms with E-state index in [2.05, 4.69) is 21.9 Å². The Balaban J connectivity index is 1.42. The number of benzene rings is 2. The maximum Gasteiger partial charge on any atom is 0.273 e. The van der Waals surface area contributed by atoms with E-state index < -0.39 is 11.0 Å². The molecular weight excluding hydrogens is 334 g/mol. The molecule has 0 amide bonds. The average Bonchev–Trinajstić information content (AvgIpc) is 2.68. The van der Waals surface area contributed by atoms with Crippen molar-refractivity contribution < 1.29 is 14.8 Å². The smallest absolute Gasteiger partial charge is 0.273 e. The first-order valence-electron chi connectivity index (χ1n) is 8.69. The number of nitro benzene ring substituents is 1. The van der Waals surface area contributed by atoms with Crippen molar-refractivity contribution >= 4 is 11.4 Å². The van der Waals surface area contributed by atoms with Crippen LogP contribution in [0.2, 0.25) is 0 Å². The molecule has 0 aromatic heterocycles. The number of nitrogens with zero attached hydrogens (tertiary/aromatic N) is 3. The van der Waals surface area contributed by atoms with E-state index >= 15 is 0 Å². The highest BCUT2D eigenvalue weighted by Crippen LogP contribution is 2.19. The summed E-state index contributed by atoms with van der Waals surface area (Å²) in [4.78, 5) is 14.9. The van der Waals surface area contributed by atoms with Crippen LogP contribution in [-0.4, -0.2) is 60.4 Å². The van der Waals surface area contributed by atoms with Gasteiger partial charge in [0.2, 0.25) is 0 Å². The number of nitro groups is 1. The van der Waals surface area contributed by atoms with E-state index in [1.165, 1.54) is 17.8 Å². The lowest BCUT2D eigenvalue weighted by atomic mass is 10.2. The van der Waals surface area contributed by atoms with Crippen LogP contribution in [0.5, 0.6) is 5.75 Å². The first-order chi connectivity index (χ1) is 12.6. The summed E-state index contributed by atoms with van der Waals surface area (Å²) in [6.07, 6.45) is -0.641. The first-order valence-corrected chi connectivity index (χ1v) is 8.69. The van der Waals surface area contributed by atoms with Gasteiger partial charge in [-0.05, 0) is 18.2 Å². The summed E-state index contributed by atoms with van der Waals surface area (Å²) in [5.74, 6) is 0.396. The number of piperazine rings is 1. The summed E-state index contributed by atoms with van der Waals surface area (Å²) < 4.78 is 5.50. The lowest BCUT2D eigenvalue weighted by Crippen LogP contribution is -2.49. The first kappa shape index (κ1) is 18.2. The van der Waals surface area contributed by atoms with Crippen molar-refractivity contribution in [3.8, 4) is 5.75 Å². The molecule has 1 atom stereocenters. The van der Waals surface area contributed by atoms with Gasteiger partial charge in [-0.1, -0.05) is 24.3 Å². The van der Waals surface area contributed by atoms with E-state index in [9.17, 15) is 15.2 Å². The molecule has 1 fully saturated rings. The number of para-hydroxylation sites is 1. The van der Waals surface area contributed by atoms with Gasteiger partial charge in [0, 0.05) is 44.5 Å². The summed E-state index contributed by atoms with van der Waals surface area (Å²) in [7, 11) is 0. The van der Waals surface area contributed by atoms with Crippen LogP contribution in [0.25, 0.3) is 0 Å². The van der Waals surface area contributed by atoms with Crippen molar-refractivity contribution in [2.24, 2.45) is 0 Å². The molecule has 1 N–H and O–H groups in total. The van der Waals surface area contributed by atoms with E-state index in [-0.39, 0.29) is 12.3 Å². The van der Waals surface area contributed by atoms with Gasteiger partial charge in [-0.2, -0.15) is 0 Å². The maximum absolute atomic E-state index is 10.8. The van der Waals surface area contributed by atoms with E-state index in [0.29, 0.717) is 12.3 Å². The van der Waals surface area contributed by atoms with Crippen molar-refractivity contribution in [3.05, 3.63) is 64.7 Å². The SMILES string of the molecule is O=[N+]([O-])c1cccc(OCC(O)CN2CCN(c3ccccc3)CC2)c1. The van der Waals surface area contributed by atoms with Crippen LogP contribution >= 0.6 is 0 Å². The second-order valence-electron chi connectivity index (χ2n) is 6.34. The lowest BCUT2D eigenvalue weighted by molar-refractivity contribution is -0.384. The quantitative estimate of drug-likeness (QED) is 0.604. The molecule has 3 rings (SSSR count). The van der Waals surface area contributed by atoms with Crippen molar-refractivity contribution in [1.29, 1.82) is 0 Å². The molecule has 26 heavy (non-hydrogen) atoms. The molecule has 0 bridgehead atoms. The third-order valence-electron chi connectivity index (χ3n) is 4.43. The highest BCUT2D eigenvalue weighted by atomic mass is 16.6. The minimum atomic E-state index is -0.641. The molecule has 0 radical (unpaired) electrons. The minimum absolute atomic E-state index is 0.0194. The van der Waals surface area contributed by atoms with Gasteiger partial charge in [0.1, 0.15) is 18.5 Å². The number of hydrogen-bond donors (Lipinski definition) is 1. The Kier molecular flexibility index (Phi) is 6.04. The number of rotatable bonds is 7. The third kappa shape index (κ3) is 4.93. The Bertz CT molecular complexity index is 718. The Hall–Kier alpha value is -2.64. The largest absolute Gasteiger partial charge is 0.491 e. The molecule has 1 unspecified atom stereocenters. The number of β-amino-alcohol motifs (C(OH)–C–C–N with tert-alkyl or cyclic N) is 1. The summed E-state index contributed by atoms with van der Waals surface area (Å²) in [6, 6.07) is 16.3. The highest BCUT2D eigenvalue weighted by Gasteiger charge is 2.19. The number of aliphatic hydroxyl groups excluding tert-OH is 1. The van der Waals surface area contributed by atoms with Crippen molar-refractivity contribution in [3.63, 3.8) is 0 Å². The van der Waals surface area contributed by atoms with Crippen LogP contribution in [0.15, 0.2) is 54.6 Å². The van der Waals surface area contributed by atoms with Crippen LogP contribution in [0.3, 0.4) is 0 Å². The second kappa shape index (κ2) is 8.64. The number of anilines is 1. The predicted octanol–water partition coefficient (Wildman–Crippen LogP) is 2.16. The molecule has 138 valence electrons. The van der Waals surface area contributed by atoms with Gasteiger partial charge in [0.15, 0.2) is 0 Å². The zero-order chi connectivity index (χ0) is 18.4. The molecule has 2 aromatic carbocycles.